The second kappa shape index (κ2) is 7.04. The predicted octanol–water partition coefficient (Wildman–Crippen LogP) is 0.182. The monoisotopic (exact) mass is 283 g/mol. The fourth-order valence-electron chi connectivity index (χ4n) is 3.25. The number of hydrogen-bond donors (Lipinski definition) is 3. The van der Waals surface area contributed by atoms with Crippen LogP contribution in [-0.4, -0.2) is 59.6 Å². The van der Waals surface area contributed by atoms with Crippen LogP contribution in [0.15, 0.2) is 0 Å². The molecule has 2 aliphatic heterocycles. The molecule has 6 nitrogen and oxygen atoms in total. The van der Waals surface area contributed by atoms with Crippen molar-refractivity contribution in [2.75, 3.05) is 19.6 Å². The lowest BCUT2D eigenvalue weighted by atomic mass is 10.0. The standard InChI is InChI=1S/C14H25N3O3/c1-2-11(14(19)20)16-13(18)12-4-3-9-17(12)10-5-7-15-8-6-10/h10-12,15H,2-9H2,1H3,(H,16,18)(H,19,20)/t11-,12?/m1/s1. The zero-order valence-electron chi connectivity index (χ0n) is 12.1. The molecule has 2 rings (SSSR count). The first kappa shape index (κ1) is 15.3. The van der Waals surface area contributed by atoms with Crippen LogP contribution in [0.1, 0.15) is 39.0 Å². The number of carbonyl (C=O) groups is 2. The van der Waals surface area contributed by atoms with E-state index < -0.39 is 12.0 Å². The maximum absolute atomic E-state index is 12.3. The van der Waals surface area contributed by atoms with Gasteiger partial charge >= 0.3 is 5.97 Å². The maximum Gasteiger partial charge on any atom is 0.326 e. The van der Waals surface area contributed by atoms with Crippen molar-refractivity contribution < 1.29 is 14.7 Å². The zero-order chi connectivity index (χ0) is 14.5. The van der Waals surface area contributed by atoms with Gasteiger partial charge in [-0.3, -0.25) is 9.69 Å². The highest BCUT2D eigenvalue weighted by Crippen LogP contribution is 2.24. The number of piperidine rings is 1. The van der Waals surface area contributed by atoms with E-state index in [0.717, 1.165) is 45.3 Å². The first-order valence-corrected chi connectivity index (χ1v) is 7.63. The topological polar surface area (TPSA) is 81.7 Å². The third-order valence-corrected chi connectivity index (χ3v) is 4.40. The summed E-state index contributed by atoms with van der Waals surface area (Å²) in [7, 11) is 0. The summed E-state index contributed by atoms with van der Waals surface area (Å²) in [6, 6.07) is -0.455. The third-order valence-electron chi connectivity index (χ3n) is 4.40. The van der Waals surface area contributed by atoms with E-state index in [9.17, 15) is 9.59 Å². The molecule has 0 aromatic heterocycles. The summed E-state index contributed by atoms with van der Waals surface area (Å²) in [6.07, 6.45) is 4.42. The van der Waals surface area contributed by atoms with Crippen LogP contribution in [0.3, 0.4) is 0 Å². The smallest absolute Gasteiger partial charge is 0.326 e. The van der Waals surface area contributed by atoms with Crippen molar-refractivity contribution in [1.29, 1.82) is 0 Å². The summed E-state index contributed by atoms with van der Waals surface area (Å²) in [5, 5.41) is 15.1. The number of carboxylic acids is 1. The van der Waals surface area contributed by atoms with Crippen molar-refractivity contribution in [3.63, 3.8) is 0 Å². The summed E-state index contributed by atoms with van der Waals surface area (Å²) in [6.45, 7) is 4.73. The molecule has 0 radical (unpaired) electrons. The Morgan fingerprint density at radius 1 is 1.35 bits per heavy atom. The van der Waals surface area contributed by atoms with Crippen LogP contribution in [0.25, 0.3) is 0 Å². The molecule has 0 aliphatic carbocycles. The van der Waals surface area contributed by atoms with Crippen LogP contribution >= 0.6 is 0 Å². The van der Waals surface area contributed by atoms with Crippen LogP contribution in [-0.2, 0) is 9.59 Å². The lowest BCUT2D eigenvalue weighted by Crippen LogP contribution is -2.53. The van der Waals surface area contributed by atoms with Crippen molar-refractivity contribution in [2.24, 2.45) is 0 Å². The second-order valence-corrected chi connectivity index (χ2v) is 5.68. The molecule has 1 amide bonds. The molecule has 3 N–H and O–H groups in total. The number of rotatable bonds is 5. The molecule has 0 bridgehead atoms. The summed E-state index contributed by atoms with van der Waals surface area (Å²) >= 11 is 0. The van der Waals surface area contributed by atoms with Gasteiger partial charge in [-0.15, -0.1) is 0 Å². The van der Waals surface area contributed by atoms with E-state index in [1.165, 1.54) is 0 Å². The molecular formula is C14H25N3O3. The Hall–Kier alpha value is -1.14. The molecule has 114 valence electrons. The van der Waals surface area contributed by atoms with Gasteiger partial charge in [0.25, 0.3) is 0 Å². The van der Waals surface area contributed by atoms with Crippen molar-refractivity contribution in [2.45, 2.75) is 57.2 Å². The number of carboxylic acid groups (broad SMARTS) is 1. The molecule has 2 atom stereocenters. The van der Waals surface area contributed by atoms with Crippen LogP contribution in [0.5, 0.6) is 0 Å². The largest absolute Gasteiger partial charge is 0.480 e. The minimum Gasteiger partial charge on any atom is -0.480 e. The Labute approximate surface area is 119 Å². The van der Waals surface area contributed by atoms with Crippen molar-refractivity contribution >= 4 is 11.9 Å². The third kappa shape index (κ3) is 3.49. The van der Waals surface area contributed by atoms with E-state index in [1.807, 2.05) is 0 Å². The number of nitrogens with one attached hydrogen (secondary N) is 2. The molecule has 0 saturated carbocycles. The van der Waals surface area contributed by atoms with Gasteiger partial charge in [0.1, 0.15) is 6.04 Å². The normalized spacial score (nSPS) is 26.4. The molecule has 6 heteroatoms. The number of amides is 1. The summed E-state index contributed by atoms with van der Waals surface area (Å²) in [4.78, 5) is 25.7. The highest BCUT2D eigenvalue weighted by atomic mass is 16.4. The number of hydrogen-bond acceptors (Lipinski definition) is 4. The first-order valence-electron chi connectivity index (χ1n) is 7.63. The summed E-state index contributed by atoms with van der Waals surface area (Å²) in [5.74, 6) is -1.07. The van der Waals surface area contributed by atoms with Crippen LogP contribution in [0.2, 0.25) is 0 Å². The highest BCUT2D eigenvalue weighted by Gasteiger charge is 2.36. The number of nitrogens with zero attached hydrogens (tertiary/aromatic N) is 1. The van der Waals surface area contributed by atoms with Crippen LogP contribution < -0.4 is 10.6 Å². The maximum atomic E-state index is 12.3. The van der Waals surface area contributed by atoms with E-state index in [-0.39, 0.29) is 11.9 Å². The van der Waals surface area contributed by atoms with Crippen LogP contribution in [0.4, 0.5) is 0 Å². The average molecular weight is 283 g/mol. The molecule has 1 unspecified atom stereocenters. The highest BCUT2D eigenvalue weighted by molar-refractivity contribution is 5.87. The van der Waals surface area contributed by atoms with Gasteiger partial charge < -0.3 is 15.7 Å². The van der Waals surface area contributed by atoms with E-state index in [1.54, 1.807) is 6.92 Å². The Balaban J connectivity index is 1.95. The van der Waals surface area contributed by atoms with Gasteiger partial charge in [-0.25, -0.2) is 4.79 Å². The zero-order valence-corrected chi connectivity index (χ0v) is 12.1. The first-order chi connectivity index (χ1) is 9.63. The molecule has 0 aromatic carbocycles. The van der Waals surface area contributed by atoms with Gasteiger partial charge in [-0.05, 0) is 51.7 Å². The summed E-state index contributed by atoms with van der Waals surface area (Å²) in [5.41, 5.74) is 0. The SMILES string of the molecule is CC[C@@H](NC(=O)C1CCCN1C1CCNCC1)C(=O)O. The minimum absolute atomic E-state index is 0.115. The molecule has 0 aromatic rings. The lowest BCUT2D eigenvalue weighted by Gasteiger charge is -2.35. The predicted molar refractivity (Wildman–Crippen MR) is 75.5 cm³/mol. The average Bonchev–Trinajstić information content (AvgIpc) is 2.94. The number of likely N-dealkylation sites (tertiary alicyclic amines) is 1. The fourth-order valence-corrected chi connectivity index (χ4v) is 3.25. The van der Waals surface area contributed by atoms with Crippen molar-refractivity contribution in [3.05, 3.63) is 0 Å². The van der Waals surface area contributed by atoms with E-state index in [4.69, 9.17) is 5.11 Å². The van der Waals surface area contributed by atoms with E-state index in [2.05, 4.69) is 15.5 Å². The molecule has 0 spiro atoms. The second-order valence-electron chi connectivity index (χ2n) is 5.68. The van der Waals surface area contributed by atoms with Gasteiger partial charge in [0, 0.05) is 6.04 Å². The molecule has 20 heavy (non-hydrogen) atoms. The Kier molecular flexibility index (Phi) is 5.37. The minimum atomic E-state index is -0.952. The van der Waals surface area contributed by atoms with Gasteiger partial charge in [-0.1, -0.05) is 6.92 Å². The van der Waals surface area contributed by atoms with Gasteiger partial charge in [0.15, 0.2) is 0 Å². The number of aliphatic carboxylic acids is 1. The molecular weight excluding hydrogens is 258 g/mol. The van der Waals surface area contributed by atoms with E-state index in [0.29, 0.717) is 12.5 Å². The summed E-state index contributed by atoms with van der Waals surface area (Å²) < 4.78 is 0. The van der Waals surface area contributed by atoms with Crippen molar-refractivity contribution in [1.82, 2.24) is 15.5 Å². The quantitative estimate of drug-likeness (QED) is 0.671. The van der Waals surface area contributed by atoms with E-state index >= 15 is 0 Å². The Morgan fingerprint density at radius 2 is 2.05 bits per heavy atom. The molecule has 2 saturated heterocycles. The Morgan fingerprint density at radius 3 is 2.65 bits per heavy atom. The molecule has 2 fully saturated rings. The van der Waals surface area contributed by atoms with Crippen LogP contribution in [0, 0.1) is 0 Å². The van der Waals surface area contributed by atoms with Gasteiger partial charge in [-0.2, -0.15) is 0 Å². The molecule has 2 aliphatic rings. The van der Waals surface area contributed by atoms with Crippen molar-refractivity contribution in [3.8, 4) is 0 Å². The Bertz CT molecular complexity index is 356. The fraction of sp³-hybridized carbons (Fsp3) is 0.857. The lowest BCUT2D eigenvalue weighted by molar-refractivity contribution is -0.142. The number of carbonyl (C=O) groups excluding carboxylic acids is 1. The van der Waals surface area contributed by atoms with Gasteiger partial charge in [0.2, 0.25) is 5.91 Å². The molecule has 2 heterocycles. The van der Waals surface area contributed by atoms with Gasteiger partial charge in [0.05, 0.1) is 6.04 Å².